The van der Waals surface area contributed by atoms with E-state index in [1.807, 2.05) is 32.0 Å². The zero-order valence-corrected chi connectivity index (χ0v) is 16.6. The molecule has 0 aliphatic heterocycles. The molecule has 2 aromatic carbocycles. The molecular weight excluding hydrogens is 366 g/mol. The number of rotatable bonds is 7. The third kappa shape index (κ3) is 6.04. The largest absolute Gasteiger partial charge is 0.349 e. The molecule has 0 saturated heterocycles. The number of carbonyl (C=O) groups excluding carboxylic acids is 3. The normalized spacial score (nSPS) is 13.2. The molecule has 1 fully saturated rings. The molecular formula is C23H25N3O3. The lowest BCUT2D eigenvalue weighted by Gasteiger charge is -2.11. The van der Waals surface area contributed by atoms with E-state index in [0.717, 1.165) is 35.2 Å². The van der Waals surface area contributed by atoms with Gasteiger partial charge in [-0.1, -0.05) is 30.3 Å². The Labute approximate surface area is 170 Å². The molecule has 0 atom stereocenters. The Morgan fingerprint density at radius 3 is 2.28 bits per heavy atom. The molecule has 1 aliphatic rings. The standard InChI is InChI=1S/C23H25N3O3/c1-15-4-3-5-16(2)22(15)26-21(28)14-24-20(27)13-8-17-6-9-18(10-7-17)23(29)25-19-11-12-19/h3-10,13,19H,11-12,14H2,1-2H3,(H,24,27)(H,25,29)(H,26,28)/b13-8+. The molecule has 0 bridgehead atoms. The molecule has 150 valence electrons. The van der Waals surface area contributed by atoms with Crippen LogP contribution in [0.15, 0.2) is 48.5 Å². The Balaban J connectivity index is 1.46. The van der Waals surface area contributed by atoms with E-state index in [2.05, 4.69) is 16.0 Å². The van der Waals surface area contributed by atoms with Crippen LogP contribution < -0.4 is 16.0 Å². The molecule has 6 nitrogen and oxygen atoms in total. The lowest BCUT2D eigenvalue weighted by atomic mass is 10.1. The van der Waals surface area contributed by atoms with Gasteiger partial charge in [-0.2, -0.15) is 0 Å². The third-order valence-electron chi connectivity index (χ3n) is 4.68. The lowest BCUT2D eigenvalue weighted by molar-refractivity contribution is -0.121. The topological polar surface area (TPSA) is 87.3 Å². The average molecular weight is 391 g/mol. The molecule has 1 saturated carbocycles. The van der Waals surface area contributed by atoms with E-state index in [1.54, 1.807) is 30.3 Å². The second-order valence-electron chi connectivity index (χ2n) is 7.24. The summed E-state index contributed by atoms with van der Waals surface area (Å²) in [5, 5.41) is 8.33. The van der Waals surface area contributed by atoms with E-state index in [0.29, 0.717) is 11.6 Å². The van der Waals surface area contributed by atoms with E-state index >= 15 is 0 Å². The van der Waals surface area contributed by atoms with Crippen LogP contribution in [0.3, 0.4) is 0 Å². The van der Waals surface area contributed by atoms with E-state index in [1.165, 1.54) is 6.08 Å². The van der Waals surface area contributed by atoms with Gasteiger partial charge in [0, 0.05) is 23.4 Å². The fourth-order valence-electron chi connectivity index (χ4n) is 2.84. The minimum absolute atomic E-state index is 0.0734. The first-order chi connectivity index (χ1) is 13.9. The Kier molecular flexibility index (Phi) is 6.44. The van der Waals surface area contributed by atoms with Gasteiger partial charge in [-0.25, -0.2) is 0 Å². The van der Waals surface area contributed by atoms with Crippen molar-refractivity contribution in [3.8, 4) is 0 Å². The van der Waals surface area contributed by atoms with E-state index in [4.69, 9.17) is 0 Å². The first-order valence-electron chi connectivity index (χ1n) is 9.65. The third-order valence-corrected chi connectivity index (χ3v) is 4.68. The Bertz CT molecular complexity index is 924. The SMILES string of the molecule is Cc1cccc(C)c1NC(=O)CNC(=O)/C=C/c1ccc(C(=O)NC2CC2)cc1. The van der Waals surface area contributed by atoms with Gasteiger partial charge in [0.1, 0.15) is 0 Å². The lowest BCUT2D eigenvalue weighted by Crippen LogP contribution is -2.32. The van der Waals surface area contributed by atoms with Gasteiger partial charge in [0.15, 0.2) is 0 Å². The summed E-state index contributed by atoms with van der Waals surface area (Å²) in [7, 11) is 0. The molecule has 0 radical (unpaired) electrons. The van der Waals surface area contributed by atoms with Gasteiger partial charge in [0.05, 0.1) is 6.54 Å². The zero-order valence-electron chi connectivity index (χ0n) is 16.6. The highest BCUT2D eigenvalue weighted by Crippen LogP contribution is 2.20. The fraction of sp³-hybridized carbons (Fsp3) is 0.261. The van der Waals surface area contributed by atoms with Crippen LogP contribution in [-0.4, -0.2) is 30.3 Å². The first-order valence-corrected chi connectivity index (χ1v) is 9.65. The summed E-state index contributed by atoms with van der Waals surface area (Å²) in [6, 6.07) is 13.1. The number of para-hydroxylation sites is 1. The number of carbonyl (C=O) groups is 3. The quantitative estimate of drug-likeness (QED) is 0.634. The van der Waals surface area contributed by atoms with Crippen molar-refractivity contribution in [1.82, 2.24) is 10.6 Å². The molecule has 6 heteroatoms. The Morgan fingerprint density at radius 2 is 1.66 bits per heavy atom. The van der Waals surface area contributed by atoms with E-state index < -0.39 is 0 Å². The monoisotopic (exact) mass is 391 g/mol. The summed E-state index contributed by atoms with van der Waals surface area (Å²) in [4.78, 5) is 36.0. The van der Waals surface area contributed by atoms with Crippen LogP contribution in [0, 0.1) is 13.8 Å². The molecule has 3 N–H and O–H groups in total. The second kappa shape index (κ2) is 9.19. The predicted octanol–water partition coefficient (Wildman–Crippen LogP) is 2.96. The maximum Gasteiger partial charge on any atom is 0.251 e. The molecule has 0 spiro atoms. The summed E-state index contributed by atoms with van der Waals surface area (Å²) < 4.78 is 0. The van der Waals surface area contributed by atoms with Crippen molar-refractivity contribution in [2.45, 2.75) is 32.7 Å². The van der Waals surface area contributed by atoms with Crippen LogP contribution in [0.2, 0.25) is 0 Å². The molecule has 1 aliphatic carbocycles. The van der Waals surface area contributed by atoms with Crippen LogP contribution in [0.5, 0.6) is 0 Å². The van der Waals surface area contributed by atoms with Crippen LogP contribution >= 0.6 is 0 Å². The molecule has 3 rings (SSSR count). The van der Waals surface area contributed by atoms with E-state index in [9.17, 15) is 14.4 Å². The van der Waals surface area contributed by atoms with Gasteiger partial charge in [-0.05, 0) is 61.6 Å². The van der Waals surface area contributed by atoms with Crippen LogP contribution in [0.4, 0.5) is 5.69 Å². The summed E-state index contributed by atoms with van der Waals surface area (Å²) in [5.41, 5.74) is 4.11. The number of hydrogen-bond acceptors (Lipinski definition) is 3. The summed E-state index contributed by atoms with van der Waals surface area (Å²) >= 11 is 0. The van der Waals surface area contributed by atoms with Crippen LogP contribution in [0.1, 0.15) is 39.9 Å². The van der Waals surface area contributed by atoms with Crippen molar-refractivity contribution in [3.05, 3.63) is 70.8 Å². The fourth-order valence-corrected chi connectivity index (χ4v) is 2.84. The highest BCUT2D eigenvalue weighted by atomic mass is 16.2. The number of benzene rings is 2. The maximum absolute atomic E-state index is 12.1. The van der Waals surface area contributed by atoms with Crippen molar-refractivity contribution in [2.75, 3.05) is 11.9 Å². The first kappa shape index (κ1) is 20.3. The maximum atomic E-state index is 12.1. The predicted molar refractivity (Wildman–Crippen MR) is 114 cm³/mol. The number of nitrogens with one attached hydrogen (secondary N) is 3. The van der Waals surface area contributed by atoms with Gasteiger partial charge in [-0.3, -0.25) is 14.4 Å². The molecule has 0 heterocycles. The summed E-state index contributed by atoms with van der Waals surface area (Å²) in [5.74, 6) is -0.719. The van der Waals surface area contributed by atoms with Crippen LogP contribution in [0.25, 0.3) is 6.08 Å². The number of hydrogen-bond donors (Lipinski definition) is 3. The van der Waals surface area contributed by atoms with Crippen molar-refractivity contribution in [2.24, 2.45) is 0 Å². The zero-order chi connectivity index (χ0) is 20.8. The molecule has 29 heavy (non-hydrogen) atoms. The average Bonchev–Trinajstić information content (AvgIpc) is 3.52. The second-order valence-corrected chi connectivity index (χ2v) is 7.24. The summed E-state index contributed by atoms with van der Waals surface area (Å²) in [6.45, 7) is 3.73. The smallest absolute Gasteiger partial charge is 0.251 e. The van der Waals surface area contributed by atoms with Gasteiger partial charge >= 0.3 is 0 Å². The van der Waals surface area contributed by atoms with Crippen molar-refractivity contribution in [3.63, 3.8) is 0 Å². The Morgan fingerprint density at radius 1 is 1.00 bits per heavy atom. The van der Waals surface area contributed by atoms with E-state index in [-0.39, 0.29) is 24.3 Å². The van der Waals surface area contributed by atoms with Crippen molar-refractivity contribution in [1.29, 1.82) is 0 Å². The Hall–Kier alpha value is -3.41. The molecule has 3 amide bonds. The molecule has 0 unspecified atom stereocenters. The minimum atomic E-state index is -0.364. The van der Waals surface area contributed by atoms with Gasteiger partial charge in [0.25, 0.3) is 5.91 Å². The van der Waals surface area contributed by atoms with Gasteiger partial charge in [0.2, 0.25) is 11.8 Å². The molecule has 0 aromatic heterocycles. The van der Waals surface area contributed by atoms with Crippen molar-refractivity contribution >= 4 is 29.5 Å². The van der Waals surface area contributed by atoms with Gasteiger partial charge in [-0.15, -0.1) is 0 Å². The van der Waals surface area contributed by atoms with Gasteiger partial charge < -0.3 is 16.0 Å². The van der Waals surface area contributed by atoms with Crippen LogP contribution in [-0.2, 0) is 9.59 Å². The van der Waals surface area contributed by atoms with Crippen molar-refractivity contribution < 1.29 is 14.4 Å². The number of aryl methyl sites for hydroxylation is 2. The summed E-state index contributed by atoms with van der Waals surface area (Å²) in [6.07, 6.45) is 5.10. The number of amides is 3. The minimum Gasteiger partial charge on any atom is -0.349 e. The molecule has 2 aromatic rings. The highest BCUT2D eigenvalue weighted by Gasteiger charge is 2.23. The number of anilines is 1. The highest BCUT2D eigenvalue weighted by molar-refractivity contribution is 5.99.